The van der Waals surface area contributed by atoms with Crippen LogP contribution in [0.5, 0.6) is 0 Å². The largest absolute Gasteiger partial charge is 0.316 e. The maximum Gasteiger partial charge on any atom is 0.194 e. The van der Waals surface area contributed by atoms with Crippen molar-refractivity contribution in [3.8, 4) is 0 Å². The predicted octanol–water partition coefficient (Wildman–Crippen LogP) is 2.26. The van der Waals surface area contributed by atoms with Crippen LogP contribution in [0.4, 0.5) is 13.2 Å². The summed E-state index contributed by atoms with van der Waals surface area (Å²) < 4.78 is 38.8. The first-order valence-corrected chi connectivity index (χ1v) is 5.01. The molecule has 0 aromatic heterocycles. The number of halogens is 3. The van der Waals surface area contributed by atoms with Crippen LogP contribution in [-0.4, -0.2) is 13.1 Å². The third-order valence-corrected chi connectivity index (χ3v) is 2.79. The zero-order chi connectivity index (χ0) is 10.8. The fraction of sp³-hybridized carbons (Fsp3) is 0.455. The van der Waals surface area contributed by atoms with Crippen molar-refractivity contribution in [2.45, 2.75) is 12.8 Å². The molecule has 1 aliphatic heterocycles. The molecule has 1 unspecified atom stereocenters. The second-order valence-electron chi connectivity index (χ2n) is 3.90. The van der Waals surface area contributed by atoms with Gasteiger partial charge in [-0.15, -0.1) is 0 Å². The van der Waals surface area contributed by atoms with Gasteiger partial charge in [-0.3, -0.25) is 0 Å². The highest BCUT2D eigenvalue weighted by Gasteiger charge is 2.19. The molecule has 1 fully saturated rings. The van der Waals surface area contributed by atoms with E-state index >= 15 is 0 Å². The summed E-state index contributed by atoms with van der Waals surface area (Å²) in [6.07, 6.45) is 1.43. The minimum Gasteiger partial charge on any atom is -0.316 e. The van der Waals surface area contributed by atoms with Crippen molar-refractivity contribution >= 4 is 0 Å². The third kappa shape index (κ3) is 2.15. The molecule has 1 aromatic carbocycles. The van der Waals surface area contributed by atoms with E-state index in [2.05, 4.69) is 5.32 Å². The molecule has 0 amide bonds. The molecule has 1 N–H and O–H groups in total. The van der Waals surface area contributed by atoms with Crippen molar-refractivity contribution in [3.63, 3.8) is 0 Å². The van der Waals surface area contributed by atoms with Crippen LogP contribution >= 0.6 is 0 Å². The fourth-order valence-electron chi connectivity index (χ4n) is 1.92. The monoisotopic (exact) mass is 215 g/mol. The number of nitrogens with one attached hydrogen (secondary N) is 1. The van der Waals surface area contributed by atoms with Crippen LogP contribution in [0.1, 0.15) is 12.0 Å². The Morgan fingerprint density at radius 3 is 2.67 bits per heavy atom. The Hall–Kier alpha value is -1.03. The molecule has 1 atom stereocenters. The van der Waals surface area contributed by atoms with Crippen molar-refractivity contribution in [2.75, 3.05) is 13.1 Å². The van der Waals surface area contributed by atoms with Crippen LogP contribution in [0.15, 0.2) is 12.1 Å². The number of benzene rings is 1. The smallest absolute Gasteiger partial charge is 0.194 e. The summed E-state index contributed by atoms with van der Waals surface area (Å²) in [5.41, 5.74) is 0.266. The second-order valence-corrected chi connectivity index (χ2v) is 3.90. The second kappa shape index (κ2) is 4.23. The fourth-order valence-corrected chi connectivity index (χ4v) is 1.92. The van der Waals surface area contributed by atoms with E-state index in [1.165, 1.54) is 6.07 Å². The zero-order valence-electron chi connectivity index (χ0n) is 8.19. The Morgan fingerprint density at radius 1 is 1.20 bits per heavy atom. The van der Waals surface area contributed by atoms with Crippen LogP contribution in [0.25, 0.3) is 0 Å². The Morgan fingerprint density at radius 2 is 2.00 bits per heavy atom. The van der Waals surface area contributed by atoms with Gasteiger partial charge in [-0.1, -0.05) is 6.07 Å². The van der Waals surface area contributed by atoms with Gasteiger partial charge >= 0.3 is 0 Å². The highest BCUT2D eigenvalue weighted by Crippen LogP contribution is 2.20. The lowest BCUT2D eigenvalue weighted by Gasteiger charge is -2.09. The molecular formula is C11H12F3N. The van der Waals surface area contributed by atoms with Gasteiger partial charge in [-0.25, -0.2) is 13.2 Å². The highest BCUT2D eigenvalue weighted by molar-refractivity contribution is 5.21. The molecule has 1 nitrogen and oxygen atoms in total. The average Bonchev–Trinajstić information content (AvgIpc) is 2.72. The van der Waals surface area contributed by atoms with E-state index < -0.39 is 17.5 Å². The molecule has 0 aliphatic carbocycles. The van der Waals surface area contributed by atoms with Gasteiger partial charge in [-0.05, 0) is 43.5 Å². The molecule has 1 heterocycles. The van der Waals surface area contributed by atoms with Crippen molar-refractivity contribution in [1.82, 2.24) is 5.32 Å². The molecule has 0 spiro atoms. The molecule has 1 aromatic rings. The molecule has 0 radical (unpaired) electrons. The topological polar surface area (TPSA) is 12.0 Å². The minimum atomic E-state index is -1.36. The molecule has 0 saturated carbocycles. The van der Waals surface area contributed by atoms with Crippen molar-refractivity contribution in [2.24, 2.45) is 5.92 Å². The molecule has 1 aliphatic rings. The summed E-state index contributed by atoms with van der Waals surface area (Å²) >= 11 is 0. The third-order valence-electron chi connectivity index (χ3n) is 2.79. The molecule has 0 bridgehead atoms. The van der Waals surface area contributed by atoms with Gasteiger partial charge in [0, 0.05) is 0 Å². The van der Waals surface area contributed by atoms with E-state index in [1.807, 2.05) is 0 Å². The van der Waals surface area contributed by atoms with Crippen molar-refractivity contribution in [1.29, 1.82) is 0 Å². The van der Waals surface area contributed by atoms with E-state index in [9.17, 15) is 13.2 Å². The maximum absolute atomic E-state index is 13.3. The standard InChI is InChI=1S/C11H12F3N/c12-9-2-1-8(10(13)11(9)14)5-7-3-4-15-6-7/h1-2,7,15H,3-6H2. The maximum atomic E-state index is 13.3. The minimum absolute atomic E-state index is 0.266. The van der Waals surface area contributed by atoms with E-state index in [-0.39, 0.29) is 5.56 Å². The van der Waals surface area contributed by atoms with E-state index in [0.29, 0.717) is 12.3 Å². The number of rotatable bonds is 2. The SMILES string of the molecule is Fc1ccc(CC2CCNC2)c(F)c1F. The quantitative estimate of drug-likeness (QED) is 0.746. The summed E-state index contributed by atoms with van der Waals surface area (Å²) in [7, 11) is 0. The molecule has 2 rings (SSSR count). The first-order valence-electron chi connectivity index (χ1n) is 5.01. The van der Waals surface area contributed by atoms with E-state index in [4.69, 9.17) is 0 Å². The van der Waals surface area contributed by atoms with Crippen molar-refractivity contribution < 1.29 is 13.2 Å². The summed E-state index contributed by atoms with van der Waals surface area (Å²) in [6, 6.07) is 2.31. The summed E-state index contributed by atoms with van der Waals surface area (Å²) in [4.78, 5) is 0. The molecular weight excluding hydrogens is 203 g/mol. The lowest BCUT2D eigenvalue weighted by atomic mass is 9.98. The Balaban J connectivity index is 2.17. The van der Waals surface area contributed by atoms with E-state index in [0.717, 1.165) is 25.6 Å². The first-order chi connectivity index (χ1) is 7.18. The molecule has 15 heavy (non-hydrogen) atoms. The molecule has 82 valence electrons. The molecule has 4 heteroatoms. The van der Waals surface area contributed by atoms with Gasteiger partial charge in [-0.2, -0.15) is 0 Å². The van der Waals surface area contributed by atoms with Crippen LogP contribution < -0.4 is 5.32 Å². The van der Waals surface area contributed by atoms with Gasteiger partial charge in [0.15, 0.2) is 17.5 Å². The predicted molar refractivity (Wildman–Crippen MR) is 51.0 cm³/mol. The number of hydrogen-bond acceptors (Lipinski definition) is 1. The Bertz CT molecular complexity index is 359. The van der Waals surface area contributed by atoms with Crippen molar-refractivity contribution in [3.05, 3.63) is 35.1 Å². The summed E-state index contributed by atoms with van der Waals surface area (Å²) in [5, 5.41) is 3.15. The normalized spacial score (nSPS) is 20.9. The number of hydrogen-bond donors (Lipinski definition) is 1. The Labute approximate surface area is 86.3 Å². The van der Waals surface area contributed by atoms with Crippen LogP contribution in [0.3, 0.4) is 0 Å². The summed E-state index contributed by atoms with van der Waals surface area (Å²) in [6.45, 7) is 1.73. The summed E-state index contributed by atoms with van der Waals surface area (Å²) in [5.74, 6) is -3.20. The van der Waals surface area contributed by atoms with E-state index in [1.54, 1.807) is 0 Å². The first kappa shape index (κ1) is 10.5. The van der Waals surface area contributed by atoms with Crippen LogP contribution in [0, 0.1) is 23.4 Å². The van der Waals surface area contributed by atoms with Gasteiger partial charge in [0.25, 0.3) is 0 Å². The lowest BCUT2D eigenvalue weighted by molar-refractivity contribution is 0.434. The lowest BCUT2D eigenvalue weighted by Crippen LogP contribution is -2.12. The van der Waals surface area contributed by atoms with Gasteiger partial charge in [0.05, 0.1) is 0 Å². The average molecular weight is 215 g/mol. The highest BCUT2D eigenvalue weighted by atomic mass is 19.2. The van der Waals surface area contributed by atoms with Crippen LogP contribution in [-0.2, 0) is 6.42 Å². The zero-order valence-corrected chi connectivity index (χ0v) is 8.19. The van der Waals surface area contributed by atoms with Gasteiger partial charge in [0.2, 0.25) is 0 Å². The van der Waals surface area contributed by atoms with Gasteiger partial charge in [0.1, 0.15) is 0 Å². The molecule has 1 saturated heterocycles. The van der Waals surface area contributed by atoms with Gasteiger partial charge < -0.3 is 5.32 Å². The van der Waals surface area contributed by atoms with Crippen LogP contribution in [0.2, 0.25) is 0 Å². The Kier molecular flexibility index (Phi) is 2.95.